The van der Waals surface area contributed by atoms with Gasteiger partial charge in [0.2, 0.25) is 0 Å². The number of ether oxygens (including phenoxy) is 3. The van der Waals surface area contributed by atoms with Crippen LogP contribution in [0.2, 0.25) is 0 Å². The zero-order valence-electron chi connectivity index (χ0n) is 20.9. The number of Topliss-reactive ketones (excluding diaryl/α,β-unsaturated/α-hetero) is 1. The van der Waals surface area contributed by atoms with Gasteiger partial charge in [-0.05, 0) is 38.8 Å². The molecule has 0 amide bonds. The number of aliphatic hydroxyl groups is 2. The molecular weight excluding hydrogens is 458 g/mol. The van der Waals surface area contributed by atoms with Crippen molar-refractivity contribution in [2.75, 3.05) is 6.61 Å². The van der Waals surface area contributed by atoms with Gasteiger partial charge >= 0.3 is 5.97 Å². The van der Waals surface area contributed by atoms with Gasteiger partial charge < -0.3 is 24.4 Å². The number of fused-ring (bicyclic) bond motifs is 1. The summed E-state index contributed by atoms with van der Waals surface area (Å²) in [6, 6.07) is 0. The first-order chi connectivity index (χ1) is 15.8. The molecule has 1 aromatic rings. The number of aromatic nitrogens is 1. The molecule has 0 spiro atoms. The number of aliphatic hydroxyl groups excluding tert-OH is 1. The third kappa shape index (κ3) is 6.51. The average molecular weight is 496 g/mol. The minimum absolute atomic E-state index is 0.0554. The van der Waals surface area contributed by atoms with Crippen molar-refractivity contribution >= 4 is 29.2 Å². The summed E-state index contributed by atoms with van der Waals surface area (Å²) in [5.74, 6) is -2.53. The summed E-state index contributed by atoms with van der Waals surface area (Å²) in [6.07, 6.45) is -0.0565. The van der Waals surface area contributed by atoms with E-state index in [0.717, 1.165) is 10.7 Å². The van der Waals surface area contributed by atoms with Crippen LogP contribution in [0.25, 0.3) is 6.08 Å². The van der Waals surface area contributed by atoms with Gasteiger partial charge in [0.15, 0.2) is 5.79 Å². The topological polar surface area (TPSA) is 118 Å². The maximum atomic E-state index is 13.1. The molecule has 0 radical (unpaired) electrons. The number of carbonyl (C=O) groups is 2. The molecule has 2 saturated heterocycles. The molecular formula is C25H37NO7S. The van der Waals surface area contributed by atoms with Crippen LogP contribution in [0.1, 0.15) is 71.0 Å². The van der Waals surface area contributed by atoms with E-state index >= 15 is 0 Å². The quantitative estimate of drug-likeness (QED) is 0.473. The maximum absolute atomic E-state index is 13.1. The zero-order chi connectivity index (χ0) is 25.3. The number of hydrogen-bond donors (Lipinski definition) is 2. The summed E-state index contributed by atoms with van der Waals surface area (Å²) >= 11 is 1.51. The first-order valence-corrected chi connectivity index (χ1v) is 12.7. The Balaban J connectivity index is 1.84. The molecule has 0 saturated carbocycles. The molecule has 3 heterocycles. The number of epoxide rings is 1. The lowest BCUT2D eigenvalue weighted by Gasteiger charge is -2.32. The van der Waals surface area contributed by atoms with E-state index in [1.54, 1.807) is 13.8 Å². The number of aryl methyl sites for hydroxylation is 1. The van der Waals surface area contributed by atoms with Crippen molar-refractivity contribution in [2.45, 2.75) is 97.4 Å². The van der Waals surface area contributed by atoms with E-state index in [1.807, 2.05) is 39.2 Å². The van der Waals surface area contributed by atoms with Crippen LogP contribution in [0.5, 0.6) is 0 Å². The van der Waals surface area contributed by atoms with Gasteiger partial charge in [0.05, 0.1) is 34.7 Å². The van der Waals surface area contributed by atoms with Crippen molar-refractivity contribution in [3.05, 3.63) is 21.7 Å². The monoisotopic (exact) mass is 495 g/mol. The summed E-state index contributed by atoms with van der Waals surface area (Å²) in [5, 5.41) is 24.5. The van der Waals surface area contributed by atoms with Gasteiger partial charge in [-0.25, -0.2) is 4.98 Å². The molecule has 0 bridgehead atoms. The van der Waals surface area contributed by atoms with Gasteiger partial charge in [0, 0.05) is 30.7 Å². The highest BCUT2D eigenvalue weighted by atomic mass is 32.1. The SMILES string of the molecule is CC(=Cc1csc(C)n1)[C@@H]1C[C@]2(O)O[C@@H]2CCO[C@@H](C)C[C@@H](C)C(=O)C(C)(C)[C@@H](O)CC(=O)O1. The number of nitrogens with zero attached hydrogens (tertiary/aromatic N) is 1. The Morgan fingerprint density at radius 2 is 2.00 bits per heavy atom. The van der Waals surface area contributed by atoms with Crippen molar-refractivity contribution in [3.63, 3.8) is 0 Å². The second kappa shape index (κ2) is 10.5. The summed E-state index contributed by atoms with van der Waals surface area (Å²) in [5.41, 5.74) is 0.314. The van der Waals surface area contributed by atoms with Crippen molar-refractivity contribution in [2.24, 2.45) is 11.3 Å². The smallest absolute Gasteiger partial charge is 0.309 e. The molecule has 6 atom stereocenters. The van der Waals surface area contributed by atoms with Crippen molar-refractivity contribution < 1.29 is 34.0 Å². The normalized spacial score (nSPS) is 36.0. The molecule has 8 nitrogen and oxygen atoms in total. The van der Waals surface area contributed by atoms with Crippen LogP contribution < -0.4 is 0 Å². The van der Waals surface area contributed by atoms with Gasteiger partial charge in [-0.2, -0.15) is 0 Å². The van der Waals surface area contributed by atoms with Gasteiger partial charge in [0.25, 0.3) is 0 Å². The highest BCUT2D eigenvalue weighted by molar-refractivity contribution is 7.09. The van der Waals surface area contributed by atoms with Gasteiger partial charge in [-0.15, -0.1) is 11.3 Å². The van der Waals surface area contributed by atoms with E-state index < -0.39 is 35.5 Å². The molecule has 2 aliphatic heterocycles. The number of thiazole rings is 1. The lowest BCUT2D eigenvalue weighted by Crippen LogP contribution is -2.42. The minimum atomic E-state index is -1.41. The second-order valence-corrected chi connectivity index (χ2v) is 11.3. The van der Waals surface area contributed by atoms with E-state index in [1.165, 1.54) is 11.3 Å². The van der Waals surface area contributed by atoms with Crippen LogP contribution >= 0.6 is 11.3 Å². The molecule has 9 heteroatoms. The highest BCUT2D eigenvalue weighted by Crippen LogP contribution is 2.42. The van der Waals surface area contributed by atoms with Crippen molar-refractivity contribution in [1.82, 2.24) is 4.98 Å². The molecule has 0 aliphatic carbocycles. The largest absolute Gasteiger partial charge is 0.458 e. The zero-order valence-corrected chi connectivity index (χ0v) is 21.7. The number of esters is 1. The number of ketones is 1. The molecule has 34 heavy (non-hydrogen) atoms. The molecule has 2 N–H and O–H groups in total. The van der Waals surface area contributed by atoms with Gasteiger partial charge in [-0.1, -0.05) is 20.8 Å². The first kappa shape index (κ1) is 26.9. The van der Waals surface area contributed by atoms with E-state index in [4.69, 9.17) is 14.2 Å². The maximum Gasteiger partial charge on any atom is 0.309 e. The fraction of sp³-hybridized carbons (Fsp3) is 0.720. The number of carbonyl (C=O) groups excluding carboxylic acids is 2. The molecule has 2 fully saturated rings. The number of hydrogen-bond acceptors (Lipinski definition) is 9. The Hall–Kier alpha value is -1.65. The van der Waals surface area contributed by atoms with E-state index in [2.05, 4.69) is 4.98 Å². The molecule has 3 rings (SSSR count). The van der Waals surface area contributed by atoms with Crippen LogP contribution in [-0.4, -0.2) is 63.8 Å². The Bertz CT molecular complexity index is 926. The molecule has 0 aromatic carbocycles. The fourth-order valence-corrected chi connectivity index (χ4v) is 5.05. The van der Waals surface area contributed by atoms with Crippen LogP contribution in [0.15, 0.2) is 11.0 Å². The molecule has 0 unspecified atom stereocenters. The standard InChI is InChI=1S/C25H37NO7S/c1-14(10-18-13-34-17(4)26-18)19-12-25(30)21(33-25)7-8-31-16(3)9-15(2)23(29)24(5,6)20(27)11-22(28)32-19/h10,13,15-16,19-21,27,30H,7-9,11-12H2,1-6H3/t15-,16+,19+,20+,21-,25+/m1/s1. The van der Waals surface area contributed by atoms with E-state index in [9.17, 15) is 19.8 Å². The Labute approximate surface area is 205 Å². The average Bonchev–Trinajstić information content (AvgIpc) is 3.18. The number of rotatable bonds is 2. The Morgan fingerprint density at radius 3 is 2.65 bits per heavy atom. The third-order valence-corrected chi connectivity index (χ3v) is 7.60. The minimum Gasteiger partial charge on any atom is -0.458 e. The van der Waals surface area contributed by atoms with Crippen LogP contribution in [0, 0.1) is 18.3 Å². The lowest BCUT2D eigenvalue weighted by molar-refractivity contribution is -0.155. The molecule has 1 aromatic heterocycles. The molecule has 190 valence electrons. The fourth-order valence-electron chi connectivity index (χ4n) is 4.48. The van der Waals surface area contributed by atoms with Crippen LogP contribution in [0.4, 0.5) is 0 Å². The Kier molecular flexibility index (Phi) is 8.35. The van der Waals surface area contributed by atoms with Crippen LogP contribution in [0.3, 0.4) is 0 Å². The van der Waals surface area contributed by atoms with Crippen molar-refractivity contribution in [1.29, 1.82) is 0 Å². The summed E-state index contributed by atoms with van der Waals surface area (Å²) in [7, 11) is 0. The second-order valence-electron chi connectivity index (χ2n) is 10.2. The highest BCUT2D eigenvalue weighted by Gasteiger charge is 2.56. The predicted molar refractivity (Wildman–Crippen MR) is 128 cm³/mol. The van der Waals surface area contributed by atoms with Crippen molar-refractivity contribution in [3.8, 4) is 0 Å². The summed E-state index contributed by atoms with van der Waals surface area (Å²) in [6.45, 7) is 11.1. The summed E-state index contributed by atoms with van der Waals surface area (Å²) in [4.78, 5) is 30.3. The van der Waals surface area contributed by atoms with Gasteiger partial charge in [-0.3, -0.25) is 9.59 Å². The van der Waals surface area contributed by atoms with E-state index in [0.29, 0.717) is 25.0 Å². The van der Waals surface area contributed by atoms with E-state index in [-0.39, 0.29) is 30.6 Å². The summed E-state index contributed by atoms with van der Waals surface area (Å²) < 4.78 is 17.2. The Morgan fingerprint density at radius 1 is 1.29 bits per heavy atom. The van der Waals surface area contributed by atoms with Gasteiger partial charge in [0.1, 0.15) is 18.0 Å². The molecule has 2 aliphatic rings. The predicted octanol–water partition coefficient (Wildman–Crippen LogP) is 3.43. The first-order valence-electron chi connectivity index (χ1n) is 11.9. The lowest BCUT2D eigenvalue weighted by atomic mass is 9.75. The third-order valence-electron chi connectivity index (χ3n) is 6.81. The van der Waals surface area contributed by atoms with Crippen LogP contribution in [-0.2, 0) is 23.8 Å². The number of cyclic esters (lactones) is 1.